The van der Waals surface area contributed by atoms with E-state index < -0.39 is 0 Å². The molecular weight excluding hydrogens is 364 g/mol. The highest BCUT2D eigenvalue weighted by Gasteiger charge is 2.28. The highest BCUT2D eigenvalue weighted by Crippen LogP contribution is 2.34. The van der Waals surface area contributed by atoms with E-state index >= 15 is 0 Å². The van der Waals surface area contributed by atoms with Crippen molar-refractivity contribution in [1.82, 2.24) is 19.7 Å². The van der Waals surface area contributed by atoms with Gasteiger partial charge in [-0.3, -0.25) is 19.4 Å². The highest BCUT2D eigenvalue weighted by atomic mass is 16.2. The predicted molar refractivity (Wildman–Crippen MR) is 111 cm³/mol. The van der Waals surface area contributed by atoms with E-state index in [1.165, 1.54) is 5.56 Å². The number of likely N-dealkylation sites (tertiary alicyclic amines) is 1. The first-order valence-electron chi connectivity index (χ1n) is 9.82. The van der Waals surface area contributed by atoms with E-state index in [4.69, 9.17) is 0 Å². The molecule has 0 radical (unpaired) electrons. The highest BCUT2D eigenvalue weighted by molar-refractivity contribution is 5.92. The second-order valence-corrected chi connectivity index (χ2v) is 7.90. The Morgan fingerprint density at radius 1 is 1.34 bits per heavy atom. The van der Waals surface area contributed by atoms with Gasteiger partial charge in [-0.25, -0.2) is 0 Å². The summed E-state index contributed by atoms with van der Waals surface area (Å²) in [7, 11) is 1.82. The summed E-state index contributed by atoms with van der Waals surface area (Å²) >= 11 is 0. The monoisotopic (exact) mass is 388 g/mol. The van der Waals surface area contributed by atoms with Crippen molar-refractivity contribution in [2.24, 2.45) is 13.0 Å². The summed E-state index contributed by atoms with van der Waals surface area (Å²) in [6, 6.07) is 10.1. The zero-order valence-corrected chi connectivity index (χ0v) is 16.7. The third-order valence-corrected chi connectivity index (χ3v) is 5.45. The molecule has 2 aromatic heterocycles. The van der Waals surface area contributed by atoms with E-state index in [1.54, 1.807) is 23.3 Å². The maximum atomic E-state index is 12.5. The quantitative estimate of drug-likeness (QED) is 0.743. The number of anilines is 1. The molecule has 1 aliphatic heterocycles. The van der Waals surface area contributed by atoms with Crippen molar-refractivity contribution in [3.63, 3.8) is 0 Å². The fourth-order valence-corrected chi connectivity index (χ4v) is 4.35. The average molecular weight is 388 g/mol. The fraction of sp³-hybridized carbons (Fsp3) is 0.364. The van der Waals surface area contributed by atoms with Crippen molar-refractivity contribution in [3.8, 4) is 6.07 Å². The molecule has 0 saturated carbocycles. The molecule has 7 nitrogen and oxygen atoms in total. The van der Waals surface area contributed by atoms with Crippen LogP contribution in [0.2, 0.25) is 0 Å². The van der Waals surface area contributed by atoms with Gasteiger partial charge in [0.2, 0.25) is 5.91 Å². The Morgan fingerprint density at radius 3 is 2.97 bits per heavy atom. The molecule has 3 heterocycles. The largest absolute Gasteiger partial charge is 0.322 e. The molecule has 2 atom stereocenters. The Balaban J connectivity index is 1.53. The molecule has 1 fully saturated rings. The number of nitriles is 1. The van der Waals surface area contributed by atoms with Crippen LogP contribution in [0, 0.1) is 17.2 Å². The van der Waals surface area contributed by atoms with Crippen LogP contribution in [0.15, 0.2) is 42.9 Å². The normalized spacial score (nSPS) is 19.8. The van der Waals surface area contributed by atoms with Crippen molar-refractivity contribution in [2.75, 3.05) is 25.0 Å². The van der Waals surface area contributed by atoms with Crippen LogP contribution in [0.3, 0.4) is 0 Å². The number of hydrogen-bond donors (Lipinski definition) is 1. The van der Waals surface area contributed by atoms with Crippen LogP contribution in [0.25, 0.3) is 10.9 Å². The lowest BCUT2D eigenvalue weighted by atomic mass is 9.83. The number of amides is 1. The molecule has 29 heavy (non-hydrogen) atoms. The van der Waals surface area contributed by atoms with Crippen LogP contribution in [-0.4, -0.2) is 45.2 Å². The number of piperidine rings is 1. The minimum Gasteiger partial charge on any atom is -0.322 e. The Morgan fingerprint density at radius 2 is 2.21 bits per heavy atom. The van der Waals surface area contributed by atoms with Crippen molar-refractivity contribution in [2.45, 2.75) is 19.3 Å². The van der Waals surface area contributed by atoms with Crippen molar-refractivity contribution in [3.05, 3.63) is 54.0 Å². The van der Waals surface area contributed by atoms with Crippen LogP contribution in [0.5, 0.6) is 0 Å². The molecule has 1 N–H and O–H groups in total. The summed E-state index contributed by atoms with van der Waals surface area (Å²) in [4.78, 5) is 19.1. The first kappa shape index (κ1) is 19.1. The minimum absolute atomic E-state index is 0.0304. The zero-order valence-electron chi connectivity index (χ0n) is 16.7. The van der Waals surface area contributed by atoms with Crippen LogP contribution in [-0.2, 0) is 11.8 Å². The number of fused-ring (bicyclic) bond motifs is 1. The number of aryl methyl sites for hydroxylation is 1. The summed E-state index contributed by atoms with van der Waals surface area (Å²) in [6.07, 6.45) is 6.22. The maximum Gasteiger partial charge on any atom is 0.238 e. The number of rotatable bonds is 4. The zero-order chi connectivity index (χ0) is 20.4. The van der Waals surface area contributed by atoms with E-state index in [2.05, 4.69) is 39.4 Å². The molecule has 0 spiro atoms. The second-order valence-electron chi connectivity index (χ2n) is 7.90. The van der Waals surface area contributed by atoms with E-state index in [9.17, 15) is 10.1 Å². The molecule has 1 saturated heterocycles. The number of pyridine rings is 1. The molecule has 4 rings (SSSR count). The van der Waals surface area contributed by atoms with Crippen LogP contribution >= 0.6 is 0 Å². The van der Waals surface area contributed by atoms with Gasteiger partial charge in [-0.05, 0) is 36.0 Å². The first-order chi connectivity index (χ1) is 14.0. The van der Waals surface area contributed by atoms with Gasteiger partial charge >= 0.3 is 0 Å². The number of nitrogens with zero attached hydrogens (tertiary/aromatic N) is 5. The molecule has 0 aliphatic carbocycles. The summed E-state index contributed by atoms with van der Waals surface area (Å²) in [5.41, 5.74) is 3.27. The number of benzene rings is 1. The van der Waals surface area contributed by atoms with Crippen LogP contribution in [0.1, 0.15) is 30.4 Å². The fourth-order valence-electron chi connectivity index (χ4n) is 4.35. The first-order valence-corrected chi connectivity index (χ1v) is 9.82. The summed E-state index contributed by atoms with van der Waals surface area (Å²) in [5.74, 6) is 0.740. The molecule has 0 unspecified atom stereocenters. The number of hydrogen-bond acceptors (Lipinski definition) is 5. The molecule has 1 aliphatic rings. The SMILES string of the molecule is C[C@H]1C[C@H](c2ccc(C#N)c3ncccc23)CN(CC(=O)Nc2cnn(C)c2)C1. The van der Waals surface area contributed by atoms with Gasteiger partial charge in [-0.15, -0.1) is 0 Å². The molecule has 148 valence electrons. The molecule has 0 bridgehead atoms. The van der Waals surface area contributed by atoms with Crippen LogP contribution in [0.4, 0.5) is 5.69 Å². The van der Waals surface area contributed by atoms with E-state index in [0.717, 1.165) is 30.4 Å². The predicted octanol–water partition coefficient (Wildman–Crippen LogP) is 2.90. The number of nitrogens with one attached hydrogen (secondary N) is 1. The number of carbonyl (C=O) groups is 1. The average Bonchev–Trinajstić information content (AvgIpc) is 3.11. The third-order valence-electron chi connectivity index (χ3n) is 5.45. The number of carbonyl (C=O) groups excluding carboxylic acids is 1. The maximum absolute atomic E-state index is 12.5. The lowest BCUT2D eigenvalue weighted by Crippen LogP contribution is -2.42. The minimum atomic E-state index is -0.0304. The summed E-state index contributed by atoms with van der Waals surface area (Å²) in [5, 5.41) is 17.4. The summed E-state index contributed by atoms with van der Waals surface area (Å²) in [6.45, 7) is 4.27. The van der Waals surface area contributed by atoms with Crippen LogP contribution < -0.4 is 5.32 Å². The van der Waals surface area contributed by atoms with Crippen molar-refractivity contribution < 1.29 is 4.79 Å². The number of aromatic nitrogens is 3. The standard InChI is InChI=1S/C22H24N6O/c1-15-8-17(19-6-5-16(9-23)22-20(19)4-3-7-24-22)12-28(11-15)14-21(29)26-18-10-25-27(2)13-18/h3-7,10,13,15,17H,8,11-12,14H2,1-2H3,(H,26,29)/t15-,17-/m0/s1. The molecule has 1 aromatic carbocycles. The molecule has 7 heteroatoms. The van der Waals surface area contributed by atoms with Gasteiger partial charge < -0.3 is 5.32 Å². The molecular formula is C22H24N6O. The lowest BCUT2D eigenvalue weighted by Gasteiger charge is -2.36. The van der Waals surface area contributed by atoms with E-state index in [1.807, 2.05) is 25.2 Å². The van der Waals surface area contributed by atoms with E-state index in [0.29, 0.717) is 29.6 Å². The Kier molecular flexibility index (Phi) is 5.28. The van der Waals surface area contributed by atoms with Gasteiger partial charge in [0, 0.05) is 37.9 Å². The summed E-state index contributed by atoms with van der Waals surface area (Å²) < 4.78 is 1.67. The molecule has 3 aromatic rings. The van der Waals surface area contributed by atoms with Gasteiger partial charge in [-0.2, -0.15) is 10.4 Å². The second kappa shape index (κ2) is 8.02. The Labute approximate surface area is 170 Å². The van der Waals surface area contributed by atoms with Gasteiger partial charge in [0.05, 0.1) is 29.5 Å². The van der Waals surface area contributed by atoms with E-state index in [-0.39, 0.29) is 5.91 Å². The smallest absolute Gasteiger partial charge is 0.238 e. The third kappa shape index (κ3) is 4.13. The Bertz CT molecular complexity index is 1080. The van der Waals surface area contributed by atoms with Gasteiger partial charge in [-0.1, -0.05) is 19.1 Å². The van der Waals surface area contributed by atoms with Gasteiger partial charge in [0.1, 0.15) is 6.07 Å². The Hall–Kier alpha value is -3.24. The van der Waals surface area contributed by atoms with Gasteiger partial charge in [0.25, 0.3) is 0 Å². The topological polar surface area (TPSA) is 86.8 Å². The van der Waals surface area contributed by atoms with Crippen molar-refractivity contribution in [1.29, 1.82) is 5.26 Å². The lowest BCUT2D eigenvalue weighted by molar-refractivity contribution is -0.117. The molecule has 1 amide bonds. The van der Waals surface area contributed by atoms with Crippen molar-refractivity contribution >= 4 is 22.5 Å². The van der Waals surface area contributed by atoms with Gasteiger partial charge in [0.15, 0.2) is 0 Å².